The number of benzene rings is 1. The first-order valence-corrected chi connectivity index (χ1v) is 5.67. The minimum Gasteiger partial charge on any atom is -0.395 e. The lowest BCUT2D eigenvalue weighted by atomic mass is 10.1. The van der Waals surface area contributed by atoms with E-state index in [-0.39, 0.29) is 18.7 Å². The highest BCUT2D eigenvalue weighted by atomic mass is 35.5. The van der Waals surface area contributed by atoms with Crippen molar-refractivity contribution in [3.8, 4) is 11.1 Å². The van der Waals surface area contributed by atoms with Gasteiger partial charge >= 0.3 is 0 Å². The lowest BCUT2D eigenvalue weighted by Crippen LogP contribution is -2.21. The average molecular weight is 250 g/mol. The van der Waals surface area contributed by atoms with Gasteiger partial charge in [0.1, 0.15) is 5.15 Å². The summed E-state index contributed by atoms with van der Waals surface area (Å²) in [5.41, 5.74) is 1.53. The predicted molar refractivity (Wildman–Crippen MR) is 68.2 cm³/mol. The summed E-state index contributed by atoms with van der Waals surface area (Å²) >= 11 is 6.02. The molecule has 1 aromatic heterocycles. The number of aliphatic hydroxyl groups excluding tert-OH is 1. The Morgan fingerprint density at radius 1 is 1.12 bits per heavy atom. The van der Waals surface area contributed by atoms with Gasteiger partial charge in [0.25, 0.3) is 5.56 Å². The van der Waals surface area contributed by atoms with Gasteiger partial charge in [-0.15, -0.1) is 0 Å². The predicted octanol–water partition coefficient (Wildman–Crippen LogP) is 2.16. The first-order chi connectivity index (χ1) is 8.22. The first-order valence-electron chi connectivity index (χ1n) is 5.29. The molecule has 0 unspecified atom stereocenters. The molecule has 1 heterocycles. The molecule has 0 saturated carbocycles. The summed E-state index contributed by atoms with van der Waals surface area (Å²) in [4.78, 5) is 11.8. The summed E-state index contributed by atoms with van der Waals surface area (Å²) in [5.74, 6) is 0. The van der Waals surface area contributed by atoms with E-state index >= 15 is 0 Å². The second-order valence-electron chi connectivity index (χ2n) is 3.65. The van der Waals surface area contributed by atoms with Crippen LogP contribution in [0.1, 0.15) is 0 Å². The van der Waals surface area contributed by atoms with Crippen LogP contribution in [0.15, 0.2) is 47.3 Å². The topological polar surface area (TPSA) is 42.2 Å². The fraction of sp³-hybridized carbons (Fsp3) is 0.154. The SMILES string of the molecule is O=c1cc(-c2ccccc2)cc(Cl)n1CCO. The van der Waals surface area contributed by atoms with Gasteiger partial charge in [-0.2, -0.15) is 0 Å². The molecule has 0 aliphatic rings. The second kappa shape index (κ2) is 5.17. The van der Waals surface area contributed by atoms with Crippen molar-refractivity contribution in [1.29, 1.82) is 0 Å². The molecular formula is C13H12ClNO2. The average Bonchev–Trinajstić information content (AvgIpc) is 2.35. The van der Waals surface area contributed by atoms with Crippen molar-refractivity contribution in [2.75, 3.05) is 6.61 Å². The Kier molecular flexibility index (Phi) is 3.61. The van der Waals surface area contributed by atoms with Gasteiger partial charge in [-0.05, 0) is 17.2 Å². The Morgan fingerprint density at radius 2 is 1.82 bits per heavy atom. The standard InChI is InChI=1S/C13H12ClNO2/c14-12-8-11(10-4-2-1-3-5-10)9-13(17)15(12)6-7-16/h1-5,8-9,16H,6-7H2. The van der Waals surface area contributed by atoms with Gasteiger partial charge < -0.3 is 5.11 Å². The normalized spacial score (nSPS) is 10.5. The van der Waals surface area contributed by atoms with E-state index in [4.69, 9.17) is 16.7 Å². The van der Waals surface area contributed by atoms with Crippen LogP contribution in [0.4, 0.5) is 0 Å². The van der Waals surface area contributed by atoms with Gasteiger partial charge in [0, 0.05) is 6.07 Å². The third kappa shape index (κ3) is 2.57. The molecule has 0 saturated heterocycles. The van der Waals surface area contributed by atoms with E-state index in [1.54, 1.807) is 6.07 Å². The van der Waals surface area contributed by atoms with Crippen molar-refractivity contribution in [2.24, 2.45) is 0 Å². The second-order valence-corrected chi connectivity index (χ2v) is 4.03. The third-order valence-corrected chi connectivity index (χ3v) is 2.82. The molecule has 0 spiro atoms. The Morgan fingerprint density at radius 3 is 2.41 bits per heavy atom. The zero-order chi connectivity index (χ0) is 12.3. The van der Waals surface area contributed by atoms with Crippen LogP contribution in [0.5, 0.6) is 0 Å². The highest BCUT2D eigenvalue weighted by molar-refractivity contribution is 6.29. The monoisotopic (exact) mass is 249 g/mol. The maximum absolute atomic E-state index is 11.8. The van der Waals surface area contributed by atoms with Crippen molar-refractivity contribution < 1.29 is 5.11 Å². The zero-order valence-corrected chi connectivity index (χ0v) is 9.89. The fourth-order valence-electron chi connectivity index (χ4n) is 1.68. The van der Waals surface area contributed by atoms with Crippen molar-refractivity contribution >= 4 is 11.6 Å². The molecule has 88 valence electrons. The smallest absolute Gasteiger partial charge is 0.252 e. The van der Waals surface area contributed by atoms with Gasteiger partial charge in [-0.25, -0.2) is 0 Å². The maximum atomic E-state index is 11.8. The van der Waals surface area contributed by atoms with Crippen molar-refractivity contribution in [2.45, 2.75) is 6.54 Å². The molecule has 17 heavy (non-hydrogen) atoms. The molecule has 0 aliphatic heterocycles. The highest BCUT2D eigenvalue weighted by Gasteiger charge is 2.05. The van der Waals surface area contributed by atoms with Gasteiger partial charge in [-0.1, -0.05) is 41.9 Å². The van der Waals surface area contributed by atoms with Gasteiger partial charge in [0.15, 0.2) is 0 Å². The molecule has 2 rings (SSSR count). The van der Waals surface area contributed by atoms with Gasteiger partial charge in [-0.3, -0.25) is 9.36 Å². The number of nitrogens with zero attached hydrogens (tertiary/aromatic N) is 1. The van der Waals surface area contributed by atoms with E-state index in [1.165, 1.54) is 10.6 Å². The molecule has 3 nitrogen and oxygen atoms in total. The fourth-order valence-corrected chi connectivity index (χ4v) is 1.96. The molecule has 0 atom stereocenters. The van der Waals surface area contributed by atoms with Crippen LogP contribution in [0, 0.1) is 0 Å². The number of aromatic nitrogens is 1. The number of hydrogen-bond acceptors (Lipinski definition) is 2. The van der Waals surface area contributed by atoms with Crippen molar-refractivity contribution in [3.05, 3.63) is 58.0 Å². The van der Waals surface area contributed by atoms with E-state index < -0.39 is 0 Å². The molecule has 0 fully saturated rings. The van der Waals surface area contributed by atoms with Crippen molar-refractivity contribution in [3.63, 3.8) is 0 Å². The number of aliphatic hydroxyl groups is 1. The number of halogens is 1. The van der Waals surface area contributed by atoms with Gasteiger partial charge in [0.05, 0.1) is 13.2 Å². The molecule has 4 heteroatoms. The van der Waals surface area contributed by atoms with Crippen LogP contribution in [-0.4, -0.2) is 16.3 Å². The molecule has 1 N–H and O–H groups in total. The summed E-state index contributed by atoms with van der Waals surface area (Å²) in [6, 6.07) is 12.8. The molecule has 0 bridgehead atoms. The van der Waals surface area contributed by atoms with Crippen LogP contribution in [-0.2, 0) is 6.54 Å². The number of pyridine rings is 1. The first kappa shape index (κ1) is 11.9. The molecule has 2 aromatic rings. The largest absolute Gasteiger partial charge is 0.395 e. The summed E-state index contributed by atoms with van der Waals surface area (Å²) < 4.78 is 1.34. The van der Waals surface area contributed by atoms with Crippen LogP contribution in [0.2, 0.25) is 5.15 Å². The van der Waals surface area contributed by atoms with E-state index in [2.05, 4.69) is 0 Å². The molecule has 1 aromatic carbocycles. The van der Waals surface area contributed by atoms with Crippen LogP contribution >= 0.6 is 11.6 Å². The summed E-state index contributed by atoms with van der Waals surface area (Å²) in [5, 5.41) is 9.17. The summed E-state index contributed by atoms with van der Waals surface area (Å²) in [6.45, 7) is 0.108. The molecule has 0 amide bonds. The van der Waals surface area contributed by atoms with Crippen LogP contribution < -0.4 is 5.56 Å². The van der Waals surface area contributed by atoms with Crippen LogP contribution in [0.25, 0.3) is 11.1 Å². The lowest BCUT2D eigenvalue weighted by molar-refractivity contribution is 0.274. The zero-order valence-electron chi connectivity index (χ0n) is 9.14. The maximum Gasteiger partial charge on any atom is 0.252 e. The minimum absolute atomic E-state index is 0.107. The number of hydrogen-bond donors (Lipinski definition) is 1. The molecular weight excluding hydrogens is 238 g/mol. The molecule has 0 radical (unpaired) electrons. The van der Waals surface area contributed by atoms with Crippen LogP contribution in [0.3, 0.4) is 0 Å². The number of rotatable bonds is 3. The van der Waals surface area contributed by atoms with E-state index in [1.807, 2.05) is 30.3 Å². The van der Waals surface area contributed by atoms with E-state index in [0.717, 1.165) is 11.1 Å². The molecule has 0 aliphatic carbocycles. The third-order valence-electron chi connectivity index (χ3n) is 2.51. The highest BCUT2D eigenvalue weighted by Crippen LogP contribution is 2.20. The van der Waals surface area contributed by atoms with Crippen molar-refractivity contribution in [1.82, 2.24) is 4.57 Å². The summed E-state index contributed by atoms with van der Waals surface area (Å²) in [6.07, 6.45) is 0. The lowest BCUT2D eigenvalue weighted by Gasteiger charge is -2.08. The van der Waals surface area contributed by atoms with E-state index in [0.29, 0.717) is 5.15 Å². The Hall–Kier alpha value is -1.58. The van der Waals surface area contributed by atoms with Gasteiger partial charge in [0.2, 0.25) is 0 Å². The quantitative estimate of drug-likeness (QED) is 0.847. The Bertz CT molecular complexity index is 563. The Balaban J connectivity index is 2.50. The summed E-state index contributed by atoms with van der Waals surface area (Å²) in [7, 11) is 0. The Labute approximate surface area is 104 Å². The van der Waals surface area contributed by atoms with E-state index in [9.17, 15) is 4.79 Å². The minimum atomic E-state index is -0.203.